The molecule has 35 heavy (non-hydrogen) atoms. The van der Waals surface area contributed by atoms with Gasteiger partial charge in [0.25, 0.3) is 0 Å². The van der Waals surface area contributed by atoms with Crippen molar-refractivity contribution < 1.29 is 27.8 Å². The molecule has 3 saturated heterocycles. The monoisotopic (exact) mass is 525 g/mol. The van der Waals surface area contributed by atoms with Crippen LogP contribution in [0.1, 0.15) is 38.5 Å². The van der Waals surface area contributed by atoms with E-state index in [9.17, 15) is 18.3 Å². The van der Waals surface area contributed by atoms with E-state index < -0.39 is 27.8 Å². The van der Waals surface area contributed by atoms with E-state index >= 15 is 0 Å². The fourth-order valence-electron chi connectivity index (χ4n) is 6.26. The van der Waals surface area contributed by atoms with Crippen LogP contribution in [0.25, 0.3) is 0 Å². The van der Waals surface area contributed by atoms with E-state index in [1.807, 2.05) is 0 Å². The van der Waals surface area contributed by atoms with Crippen molar-refractivity contribution in [2.24, 2.45) is 5.92 Å². The number of sulfonamides is 1. The molecule has 6 rings (SSSR count). The second-order valence-electron chi connectivity index (χ2n) is 10.5. The summed E-state index contributed by atoms with van der Waals surface area (Å²) in [6.45, 7) is 1.73. The zero-order chi connectivity index (χ0) is 24.4. The van der Waals surface area contributed by atoms with Gasteiger partial charge in [-0.3, -0.25) is 9.80 Å². The third-order valence-corrected chi connectivity index (χ3v) is 10.6. The number of carbonyl (C=O) groups excluding carboxylic acids is 1. The highest BCUT2D eigenvalue weighted by Crippen LogP contribution is 2.51. The quantitative estimate of drug-likeness (QED) is 0.583. The van der Waals surface area contributed by atoms with Gasteiger partial charge in [0.1, 0.15) is 5.60 Å². The van der Waals surface area contributed by atoms with Gasteiger partial charge in [-0.1, -0.05) is 11.6 Å². The predicted molar refractivity (Wildman–Crippen MR) is 127 cm³/mol. The number of aliphatic hydroxyl groups excluding tert-OH is 1. The van der Waals surface area contributed by atoms with Crippen LogP contribution in [0.15, 0.2) is 29.2 Å². The lowest BCUT2D eigenvalue weighted by atomic mass is 10.0. The molecule has 5 aliphatic rings. The summed E-state index contributed by atoms with van der Waals surface area (Å²) in [4.78, 5) is 17.5. The number of fused-ring (bicyclic) bond motifs is 2. The first-order chi connectivity index (χ1) is 16.8. The molecule has 11 heteroatoms. The fourth-order valence-corrected chi connectivity index (χ4v) is 8.29. The molecule has 1 amide bonds. The number of rotatable bonds is 7. The first kappa shape index (κ1) is 23.9. The fraction of sp³-hybridized carbons (Fsp3) is 0.708. The molecule has 2 saturated carbocycles. The molecule has 1 aromatic carbocycles. The lowest BCUT2D eigenvalue weighted by Gasteiger charge is -2.44. The Balaban J connectivity index is 1.26. The van der Waals surface area contributed by atoms with Crippen LogP contribution < -0.4 is 0 Å². The number of benzene rings is 1. The van der Waals surface area contributed by atoms with Crippen LogP contribution in [0, 0.1) is 5.92 Å². The van der Waals surface area contributed by atoms with Gasteiger partial charge in [-0.2, -0.15) is 4.31 Å². The number of piperidine rings is 1. The Morgan fingerprint density at radius 3 is 2.54 bits per heavy atom. The summed E-state index contributed by atoms with van der Waals surface area (Å²) in [5, 5.41) is 9.89. The van der Waals surface area contributed by atoms with E-state index in [0.717, 1.165) is 25.7 Å². The summed E-state index contributed by atoms with van der Waals surface area (Å²) >= 11 is 6.02. The maximum absolute atomic E-state index is 13.9. The number of morpholine rings is 1. The van der Waals surface area contributed by atoms with Gasteiger partial charge < -0.3 is 14.6 Å². The normalized spacial score (nSPS) is 32.7. The van der Waals surface area contributed by atoms with E-state index in [2.05, 4.69) is 4.90 Å². The Morgan fingerprint density at radius 1 is 1.14 bits per heavy atom. The first-order valence-corrected chi connectivity index (χ1v) is 14.4. The van der Waals surface area contributed by atoms with E-state index in [0.29, 0.717) is 37.6 Å². The van der Waals surface area contributed by atoms with Crippen LogP contribution >= 0.6 is 11.6 Å². The lowest BCUT2D eigenvalue weighted by Crippen LogP contribution is -2.61. The Labute approximate surface area is 210 Å². The molecule has 9 nitrogen and oxygen atoms in total. The Hall–Kier alpha value is -1.43. The zero-order valence-electron chi connectivity index (χ0n) is 19.6. The van der Waals surface area contributed by atoms with Crippen molar-refractivity contribution in [2.75, 3.05) is 32.9 Å². The number of nitrogens with zero attached hydrogens (tertiary/aromatic N) is 3. The van der Waals surface area contributed by atoms with E-state index in [1.54, 1.807) is 21.3 Å². The van der Waals surface area contributed by atoms with Crippen molar-refractivity contribution in [1.29, 1.82) is 0 Å². The largest absolute Gasteiger partial charge is 0.441 e. The highest BCUT2D eigenvalue weighted by Gasteiger charge is 2.62. The van der Waals surface area contributed by atoms with Gasteiger partial charge >= 0.3 is 6.09 Å². The highest BCUT2D eigenvalue weighted by atomic mass is 35.5. The van der Waals surface area contributed by atoms with Gasteiger partial charge in [-0.15, -0.1) is 0 Å². The molecule has 1 aromatic rings. The van der Waals surface area contributed by atoms with Gasteiger partial charge in [0.05, 0.1) is 43.0 Å². The average Bonchev–Trinajstić information content (AvgIpc) is 3.78. The van der Waals surface area contributed by atoms with Crippen LogP contribution in [-0.4, -0.2) is 96.5 Å². The van der Waals surface area contributed by atoms with Crippen LogP contribution in [0.5, 0.6) is 0 Å². The predicted octanol–water partition coefficient (Wildman–Crippen LogP) is 2.28. The number of aliphatic hydroxyl groups is 1. The number of ether oxygens (including phenoxy) is 2. The minimum absolute atomic E-state index is 0.0549. The molecule has 0 radical (unpaired) electrons. The smallest absolute Gasteiger partial charge is 0.411 e. The number of halogens is 1. The molecular weight excluding hydrogens is 494 g/mol. The number of likely N-dealkylation sites (tertiary alicyclic amines) is 1. The third-order valence-electron chi connectivity index (χ3n) is 8.36. The van der Waals surface area contributed by atoms with Crippen molar-refractivity contribution in [3.63, 3.8) is 0 Å². The summed E-state index contributed by atoms with van der Waals surface area (Å²) in [7, 11) is -3.85. The molecule has 0 aromatic heterocycles. The van der Waals surface area contributed by atoms with Gasteiger partial charge in [-0.05, 0) is 68.7 Å². The SMILES string of the molecule is O=C(OC1([C@H]2COC[C@@H](C3CC3)N2S(=O)(=O)c2ccc(Cl)cc2)CC1)N1CC2CCC1N2CCO. The number of hydrogen-bond acceptors (Lipinski definition) is 7. The minimum atomic E-state index is -3.85. The molecular formula is C24H32ClN3O6S. The van der Waals surface area contributed by atoms with Crippen molar-refractivity contribution in [1.82, 2.24) is 14.1 Å². The molecule has 0 spiro atoms. The van der Waals surface area contributed by atoms with Gasteiger partial charge in [0.2, 0.25) is 10.0 Å². The van der Waals surface area contributed by atoms with E-state index in [4.69, 9.17) is 21.1 Å². The molecule has 4 atom stereocenters. The van der Waals surface area contributed by atoms with E-state index in [1.165, 1.54) is 12.1 Å². The zero-order valence-corrected chi connectivity index (χ0v) is 21.2. The maximum atomic E-state index is 13.9. The summed E-state index contributed by atoms with van der Waals surface area (Å²) in [6.07, 6.45) is 4.57. The minimum Gasteiger partial charge on any atom is -0.441 e. The third kappa shape index (κ3) is 4.16. The first-order valence-electron chi connectivity index (χ1n) is 12.6. The standard InChI is InChI=1S/C24H32ClN3O6S/c25-17-3-6-19(7-4-17)35(31,32)28-20(16-1-2-16)14-33-15-21(28)24(9-10-24)34-23(30)27-13-18-5-8-22(27)26(18)11-12-29/h3-4,6-7,16,18,20-22,29H,1-2,5,8-15H2/t18?,20-,21+,22?/m0/s1. The van der Waals surface area contributed by atoms with Gasteiger partial charge in [-0.25, -0.2) is 13.2 Å². The van der Waals surface area contributed by atoms with Crippen LogP contribution in [0.2, 0.25) is 5.02 Å². The Kier molecular flexibility index (Phi) is 6.05. The summed E-state index contributed by atoms with van der Waals surface area (Å²) in [6, 6.07) is 5.65. The van der Waals surface area contributed by atoms with Crippen molar-refractivity contribution >= 4 is 27.7 Å². The number of carbonyl (C=O) groups is 1. The highest BCUT2D eigenvalue weighted by molar-refractivity contribution is 7.89. The summed E-state index contributed by atoms with van der Waals surface area (Å²) < 4.78 is 41.6. The van der Waals surface area contributed by atoms with Gasteiger partial charge in [0, 0.05) is 24.2 Å². The Morgan fingerprint density at radius 2 is 1.89 bits per heavy atom. The molecule has 3 heterocycles. The maximum Gasteiger partial charge on any atom is 0.411 e. The summed E-state index contributed by atoms with van der Waals surface area (Å²) in [5.41, 5.74) is -0.881. The van der Waals surface area contributed by atoms with Crippen molar-refractivity contribution in [3.05, 3.63) is 29.3 Å². The van der Waals surface area contributed by atoms with E-state index in [-0.39, 0.29) is 42.3 Å². The second kappa shape index (κ2) is 8.85. The van der Waals surface area contributed by atoms with Crippen molar-refractivity contribution in [3.8, 4) is 0 Å². The lowest BCUT2D eigenvalue weighted by molar-refractivity contribution is -0.0770. The molecule has 5 fully saturated rings. The van der Waals surface area contributed by atoms with Crippen LogP contribution in [0.4, 0.5) is 4.79 Å². The van der Waals surface area contributed by atoms with Crippen molar-refractivity contribution in [2.45, 2.75) is 73.3 Å². The molecule has 1 N–H and O–H groups in total. The topological polar surface area (TPSA) is 99.6 Å². The Bertz CT molecular complexity index is 1080. The number of amides is 1. The molecule has 2 bridgehead atoms. The van der Waals surface area contributed by atoms with Gasteiger partial charge in [0.15, 0.2) is 0 Å². The second-order valence-corrected chi connectivity index (χ2v) is 12.8. The van der Waals surface area contributed by atoms with Crippen LogP contribution in [-0.2, 0) is 19.5 Å². The molecule has 2 unspecified atom stereocenters. The van der Waals surface area contributed by atoms with Crippen LogP contribution in [0.3, 0.4) is 0 Å². The number of hydrogen-bond donors (Lipinski definition) is 1. The molecule has 2 aliphatic carbocycles. The average molecular weight is 526 g/mol. The summed E-state index contributed by atoms with van der Waals surface area (Å²) in [5.74, 6) is 0.257. The molecule has 192 valence electrons. The molecule has 3 aliphatic heterocycles.